The minimum atomic E-state index is -0.614. The number of ether oxygens (including phenoxy) is 3. The molecule has 8 aromatic carbocycles. The molecule has 1 N–H and O–H groups in total. The molecular weight excluding hydrogens is 889 g/mol. The number of rotatable bonds is 14. The highest BCUT2D eigenvalue weighted by Crippen LogP contribution is 2.36. The summed E-state index contributed by atoms with van der Waals surface area (Å²) in [6, 6.07) is 46.7. The number of nitrogens with one attached hydrogen (secondary N) is 1. The molecule has 0 aromatic heterocycles. The molecule has 0 radical (unpaired) electrons. The van der Waals surface area contributed by atoms with Crippen LogP contribution in [0.4, 0.5) is 9.59 Å². The number of amides is 3. The first-order valence-electron chi connectivity index (χ1n) is 23.9. The molecule has 0 aliphatic heterocycles. The van der Waals surface area contributed by atoms with Crippen LogP contribution < -0.4 is 10.1 Å². The maximum Gasteiger partial charge on any atom is 0.410 e. The number of hydrogen-bond donors (Lipinski definition) is 1. The van der Waals surface area contributed by atoms with Gasteiger partial charge in [0.05, 0.1) is 6.54 Å². The van der Waals surface area contributed by atoms with Gasteiger partial charge >= 0.3 is 12.2 Å². The molecule has 0 aliphatic carbocycles. The van der Waals surface area contributed by atoms with E-state index in [1.54, 1.807) is 84.4 Å². The second kappa shape index (κ2) is 20.7. The van der Waals surface area contributed by atoms with Gasteiger partial charge in [0.15, 0.2) is 5.78 Å². The van der Waals surface area contributed by atoms with Gasteiger partial charge in [-0.25, -0.2) is 9.59 Å². The molecular formula is C60H62N4O7. The van der Waals surface area contributed by atoms with Gasteiger partial charge in [-0.1, -0.05) is 97.1 Å². The van der Waals surface area contributed by atoms with Crippen LogP contribution in [0.5, 0.6) is 11.5 Å². The maximum absolute atomic E-state index is 13.9. The molecule has 11 heteroatoms. The van der Waals surface area contributed by atoms with Gasteiger partial charge in [0.1, 0.15) is 22.7 Å². The number of Topliss-reactive ketones (excluding diaryl/α,β-unsaturated/α-hetero) is 1. The molecule has 8 rings (SSSR count). The average molecular weight is 951 g/mol. The predicted octanol–water partition coefficient (Wildman–Crippen LogP) is 13.1. The third-order valence-electron chi connectivity index (χ3n) is 12.4. The molecule has 3 amide bonds. The van der Waals surface area contributed by atoms with E-state index in [4.69, 9.17) is 14.2 Å². The molecule has 11 nitrogen and oxygen atoms in total. The summed E-state index contributed by atoms with van der Waals surface area (Å²) in [7, 11) is 5.30. The number of fused-ring (bicyclic) bond motifs is 4. The van der Waals surface area contributed by atoms with Crippen LogP contribution in [0.3, 0.4) is 0 Å². The summed E-state index contributed by atoms with van der Waals surface area (Å²) in [5, 5.41) is 11.6. The third kappa shape index (κ3) is 11.5. The first-order valence-corrected chi connectivity index (χ1v) is 23.9. The Labute approximate surface area is 415 Å². The maximum atomic E-state index is 13.9. The Hall–Kier alpha value is -7.76. The summed E-state index contributed by atoms with van der Waals surface area (Å²) in [5.41, 5.74) is 3.98. The van der Waals surface area contributed by atoms with E-state index in [1.807, 2.05) is 90.1 Å². The van der Waals surface area contributed by atoms with E-state index >= 15 is 0 Å². The summed E-state index contributed by atoms with van der Waals surface area (Å²) < 4.78 is 17.5. The van der Waals surface area contributed by atoms with Crippen LogP contribution in [0, 0.1) is 0 Å². The van der Waals surface area contributed by atoms with E-state index in [1.165, 1.54) is 0 Å². The standard InChI is InChI=1S/C60H62N4O7/c1-59(2,3)70-57(67)63(8)37-53-45-20-12-10-18-43(45)51(44-19-11-13-21-46(44)53)34-61-35-55(65)39-26-30-41(31-27-39)69-42-32-28-40(29-33-42)56(66)62(7)36-52-47-22-14-16-24-49(47)54(50-25-17-15-23-48(50)52)38-64(9)58(68)71-60(4,5)6/h10-33,61H,34-38H2,1-9H3. The normalized spacial score (nSPS) is 11.7. The van der Waals surface area contributed by atoms with Gasteiger partial charge in [0.25, 0.3) is 5.91 Å². The molecule has 0 spiro atoms. The quantitative estimate of drug-likeness (QED) is 0.0846. The largest absolute Gasteiger partial charge is 0.457 e. The summed E-state index contributed by atoms with van der Waals surface area (Å²) in [6.45, 7) is 12.8. The highest BCUT2D eigenvalue weighted by Gasteiger charge is 2.25. The van der Waals surface area contributed by atoms with Crippen molar-refractivity contribution < 1.29 is 33.4 Å². The van der Waals surface area contributed by atoms with Gasteiger partial charge in [-0.3, -0.25) is 9.59 Å². The molecule has 0 bridgehead atoms. The second-order valence-corrected chi connectivity index (χ2v) is 20.1. The Bertz CT molecular complexity index is 3170. The Balaban J connectivity index is 0.904. The van der Waals surface area contributed by atoms with E-state index in [-0.39, 0.29) is 24.3 Å². The fraction of sp³-hybridized carbons (Fsp3) is 0.267. The highest BCUT2D eigenvalue weighted by molar-refractivity contribution is 6.07. The Morgan fingerprint density at radius 1 is 0.423 bits per heavy atom. The number of hydrogen-bond acceptors (Lipinski definition) is 8. The summed E-state index contributed by atoms with van der Waals surface area (Å²) >= 11 is 0. The zero-order valence-corrected chi connectivity index (χ0v) is 42.1. The van der Waals surface area contributed by atoms with Crippen LogP contribution in [-0.4, -0.2) is 77.5 Å². The van der Waals surface area contributed by atoms with Crippen LogP contribution in [0.15, 0.2) is 146 Å². The SMILES string of the molecule is CN(Cc1c2ccccc2c(CNCC(=O)c2ccc(Oc3ccc(C(=O)N(C)Cc4c5ccccc5c(CN(C)C(=O)OC(C)(C)C)c5ccccc45)cc3)cc2)c2ccccc12)C(=O)OC(C)(C)C. The predicted molar refractivity (Wildman–Crippen MR) is 283 cm³/mol. The average Bonchev–Trinajstić information content (AvgIpc) is 3.34. The Morgan fingerprint density at radius 3 is 1.07 bits per heavy atom. The number of carbonyl (C=O) groups is 4. The van der Waals surface area contributed by atoms with Crippen LogP contribution in [0.2, 0.25) is 0 Å². The molecule has 0 unspecified atom stereocenters. The van der Waals surface area contributed by atoms with E-state index in [9.17, 15) is 19.2 Å². The molecule has 364 valence electrons. The number of nitrogens with zero attached hydrogens (tertiary/aromatic N) is 3. The lowest BCUT2D eigenvalue weighted by Gasteiger charge is -2.26. The smallest absolute Gasteiger partial charge is 0.410 e. The van der Waals surface area contributed by atoms with Crippen LogP contribution in [0.1, 0.15) is 84.5 Å². The lowest BCUT2D eigenvalue weighted by atomic mass is 9.91. The van der Waals surface area contributed by atoms with E-state index in [0.29, 0.717) is 48.8 Å². The topological polar surface area (TPSA) is 118 Å². The molecule has 0 aliphatic rings. The fourth-order valence-electron chi connectivity index (χ4n) is 9.05. The Kier molecular flexibility index (Phi) is 14.5. The van der Waals surface area contributed by atoms with Crippen molar-refractivity contribution in [2.24, 2.45) is 0 Å². The molecule has 0 heterocycles. The van der Waals surface area contributed by atoms with Gasteiger partial charge in [-0.2, -0.15) is 0 Å². The van der Waals surface area contributed by atoms with Crippen molar-refractivity contribution in [1.29, 1.82) is 0 Å². The first kappa shape index (κ1) is 49.7. The molecule has 71 heavy (non-hydrogen) atoms. The van der Waals surface area contributed by atoms with Crippen molar-refractivity contribution in [3.63, 3.8) is 0 Å². The molecule has 8 aromatic rings. The summed E-state index contributed by atoms with van der Waals surface area (Å²) in [4.78, 5) is 58.3. The van der Waals surface area contributed by atoms with Crippen LogP contribution in [0.25, 0.3) is 43.1 Å². The van der Waals surface area contributed by atoms with Gasteiger partial charge in [0, 0.05) is 58.4 Å². The lowest BCUT2D eigenvalue weighted by molar-refractivity contribution is 0.0276. The molecule has 0 atom stereocenters. The van der Waals surface area contributed by atoms with Crippen molar-refractivity contribution >= 4 is 67.0 Å². The van der Waals surface area contributed by atoms with E-state index < -0.39 is 17.3 Å². The Morgan fingerprint density at radius 2 is 0.732 bits per heavy atom. The van der Waals surface area contributed by atoms with Crippen molar-refractivity contribution in [3.8, 4) is 11.5 Å². The van der Waals surface area contributed by atoms with Gasteiger partial charge in [0.2, 0.25) is 0 Å². The zero-order valence-electron chi connectivity index (χ0n) is 42.1. The minimum absolute atomic E-state index is 0.0597. The fourth-order valence-corrected chi connectivity index (χ4v) is 9.05. The van der Waals surface area contributed by atoms with Crippen molar-refractivity contribution in [3.05, 3.63) is 179 Å². The summed E-state index contributed by atoms with van der Waals surface area (Å²) in [6.07, 6.45) is -0.779. The number of carbonyl (C=O) groups excluding carboxylic acids is 4. The van der Waals surface area contributed by atoms with Crippen molar-refractivity contribution in [2.45, 2.75) is 78.9 Å². The van der Waals surface area contributed by atoms with Crippen molar-refractivity contribution in [2.75, 3.05) is 27.7 Å². The van der Waals surface area contributed by atoms with E-state index in [0.717, 1.165) is 65.3 Å². The van der Waals surface area contributed by atoms with Crippen LogP contribution in [-0.2, 0) is 35.7 Å². The first-order chi connectivity index (χ1) is 33.8. The van der Waals surface area contributed by atoms with Gasteiger partial charge < -0.3 is 34.2 Å². The minimum Gasteiger partial charge on any atom is -0.457 e. The molecule has 0 saturated carbocycles. The van der Waals surface area contributed by atoms with E-state index in [2.05, 4.69) is 53.8 Å². The monoisotopic (exact) mass is 950 g/mol. The molecule has 0 fully saturated rings. The highest BCUT2D eigenvalue weighted by atomic mass is 16.6. The molecule has 0 saturated heterocycles. The lowest BCUT2D eigenvalue weighted by Crippen LogP contribution is -2.34. The zero-order chi connectivity index (χ0) is 50.6. The van der Waals surface area contributed by atoms with Gasteiger partial charge in [-0.15, -0.1) is 0 Å². The number of benzene rings is 8. The van der Waals surface area contributed by atoms with Gasteiger partial charge in [-0.05, 0) is 155 Å². The second-order valence-electron chi connectivity index (χ2n) is 20.1. The van der Waals surface area contributed by atoms with Crippen molar-refractivity contribution in [1.82, 2.24) is 20.0 Å². The van der Waals surface area contributed by atoms with Crippen LogP contribution >= 0.6 is 0 Å². The third-order valence-corrected chi connectivity index (χ3v) is 12.4. The number of ketones is 1. The summed E-state index contributed by atoms with van der Waals surface area (Å²) in [5.74, 6) is 0.906.